The van der Waals surface area contributed by atoms with Crippen LogP contribution in [-0.4, -0.2) is 18.0 Å². The second-order valence-corrected chi connectivity index (χ2v) is 3.24. The fourth-order valence-electron chi connectivity index (χ4n) is 1.47. The summed E-state index contributed by atoms with van der Waals surface area (Å²) in [4.78, 5) is 4.65. The Labute approximate surface area is 80.3 Å². The third-order valence-corrected chi connectivity index (χ3v) is 2.46. The van der Waals surface area contributed by atoms with Crippen LogP contribution in [-0.2, 0) is 0 Å². The van der Waals surface area contributed by atoms with Gasteiger partial charge in [-0.15, -0.1) is 0 Å². The van der Waals surface area contributed by atoms with Crippen LogP contribution < -0.4 is 10.6 Å². The first-order valence-corrected chi connectivity index (χ1v) is 5.04. The highest BCUT2D eigenvalue weighted by atomic mass is 15.2. The molecule has 0 spiro atoms. The maximum absolute atomic E-state index is 4.65. The van der Waals surface area contributed by atoms with E-state index >= 15 is 0 Å². The average Bonchev–Trinajstić information content (AvgIpc) is 2.19. The standard InChI is InChI=1S/C10H19N3/c1-4-10(5-2)12-8-7-9(13-10)11-6-3/h7-8,12H,4-6H2,1-3H3,(H,11,13). The van der Waals surface area contributed by atoms with Crippen molar-refractivity contribution in [3.63, 3.8) is 0 Å². The lowest BCUT2D eigenvalue weighted by atomic mass is 10.0. The van der Waals surface area contributed by atoms with Crippen molar-refractivity contribution >= 4 is 5.84 Å². The smallest absolute Gasteiger partial charge is 0.130 e. The van der Waals surface area contributed by atoms with Crippen LogP contribution in [0.4, 0.5) is 0 Å². The Bertz CT molecular complexity index is 214. The van der Waals surface area contributed by atoms with Gasteiger partial charge in [0.15, 0.2) is 0 Å². The molecule has 1 rings (SSSR count). The summed E-state index contributed by atoms with van der Waals surface area (Å²) in [6.07, 6.45) is 6.00. The SMILES string of the molecule is CCNC1=NC(CC)(CC)NC=C1. The number of hydrogen-bond acceptors (Lipinski definition) is 3. The summed E-state index contributed by atoms with van der Waals surface area (Å²) in [7, 11) is 0. The topological polar surface area (TPSA) is 36.4 Å². The Morgan fingerprint density at radius 2 is 2.08 bits per heavy atom. The minimum Gasteiger partial charge on any atom is -0.371 e. The highest BCUT2D eigenvalue weighted by Crippen LogP contribution is 2.19. The van der Waals surface area contributed by atoms with Gasteiger partial charge in [-0.05, 0) is 25.8 Å². The van der Waals surface area contributed by atoms with Gasteiger partial charge in [0.05, 0.1) is 0 Å². The fraction of sp³-hybridized carbons (Fsp3) is 0.700. The first-order chi connectivity index (χ1) is 6.26. The normalized spacial score (nSPS) is 19.2. The first-order valence-electron chi connectivity index (χ1n) is 5.04. The molecule has 3 nitrogen and oxygen atoms in total. The molecule has 1 aliphatic rings. The van der Waals surface area contributed by atoms with Gasteiger partial charge in [-0.3, -0.25) is 0 Å². The van der Waals surface area contributed by atoms with E-state index in [2.05, 4.69) is 36.4 Å². The van der Waals surface area contributed by atoms with Crippen LogP contribution in [0.5, 0.6) is 0 Å². The molecule has 0 saturated heterocycles. The van der Waals surface area contributed by atoms with Gasteiger partial charge in [-0.1, -0.05) is 13.8 Å². The quantitative estimate of drug-likeness (QED) is 0.694. The predicted molar refractivity (Wildman–Crippen MR) is 56.7 cm³/mol. The van der Waals surface area contributed by atoms with Crippen molar-refractivity contribution < 1.29 is 0 Å². The molecule has 3 heteroatoms. The van der Waals surface area contributed by atoms with Gasteiger partial charge >= 0.3 is 0 Å². The Hall–Kier alpha value is -0.990. The van der Waals surface area contributed by atoms with Crippen molar-refractivity contribution in [2.45, 2.75) is 39.3 Å². The number of aliphatic imine (C=N–C) groups is 1. The van der Waals surface area contributed by atoms with Gasteiger partial charge in [0.1, 0.15) is 11.5 Å². The summed E-state index contributed by atoms with van der Waals surface area (Å²) >= 11 is 0. The molecular formula is C10H19N3. The van der Waals surface area contributed by atoms with Gasteiger partial charge in [0, 0.05) is 12.7 Å². The van der Waals surface area contributed by atoms with Crippen molar-refractivity contribution in [1.82, 2.24) is 10.6 Å². The van der Waals surface area contributed by atoms with Crippen molar-refractivity contribution in [2.75, 3.05) is 6.54 Å². The van der Waals surface area contributed by atoms with E-state index in [9.17, 15) is 0 Å². The van der Waals surface area contributed by atoms with Crippen molar-refractivity contribution in [3.05, 3.63) is 12.3 Å². The minimum absolute atomic E-state index is 0.0771. The zero-order valence-electron chi connectivity index (χ0n) is 8.72. The Morgan fingerprint density at radius 3 is 2.62 bits per heavy atom. The molecule has 0 fully saturated rings. The highest BCUT2D eigenvalue weighted by molar-refractivity contribution is 5.93. The maximum atomic E-state index is 4.65. The molecule has 1 heterocycles. The van der Waals surface area contributed by atoms with Crippen molar-refractivity contribution in [2.24, 2.45) is 4.99 Å². The molecule has 0 unspecified atom stereocenters. The number of nitrogens with one attached hydrogen (secondary N) is 2. The molecule has 0 aromatic carbocycles. The lowest BCUT2D eigenvalue weighted by Crippen LogP contribution is -2.44. The lowest BCUT2D eigenvalue weighted by molar-refractivity contribution is 0.351. The number of amidine groups is 1. The fourth-order valence-corrected chi connectivity index (χ4v) is 1.47. The van der Waals surface area contributed by atoms with E-state index in [1.165, 1.54) is 0 Å². The number of likely N-dealkylation sites (N-methyl/N-ethyl adjacent to an activating group) is 1. The van der Waals surface area contributed by atoms with E-state index in [-0.39, 0.29) is 5.66 Å². The third-order valence-electron chi connectivity index (χ3n) is 2.46. The molecule has 0 bridgehead atoms. The molecule has 0 aliphatic carbocycles. The molecule has 2 N–H and O–H groups in total. The maximum Gasteiger partial charge on any atom is 0.130 e. The molecule has 0 aromatic rings. The van der Waals surface area contributed by atoms with E-state index in [1.54, 1.807) is 0 Å². The van der Waals surface area contributed by atoms with Crippen LogP contribution in [0.1, 0.15) is 33.6 Å². The van der Waals surface area contributed by atoms with E-state index in [0.717, 1.165) is 25.2 Å². The van der Waals surface area contributed by atoms with E-state index < -0.39 is 0 Å². The Balaban J connectivity index is 2.74. The Kier molecular flexibility index (Phi) is 3.34. The molecule has 0 aromatic heterocycles. The van der Waals surface area contributed by atoms with E-state index in [4.69, 9.17) is 0 Å². The van der Waals surface area contributed by atoms with Crippen LogP contribution in [0.2, 0.25) is 0 Å². The molecule has 0 amide bonds. The van der Waals surface area contributed by atoms with Gasteiger partial charge in [-0.2, -0.15) is 0 Å². The summed E-state index contributed by atoms with van der Waals surface area (Å²) in [6.45, 7) is 7.32. The van der Waals surface area contributed by atoms with Gasteiger partial charge in [0.25, 0.3) is 0 Å². The van der Waals surface area contributed by atoms with Crippen LogP contribution in [0.3, 0.4) is 0 Å². The summed E-state index contributed by atoms with van der Waals surface area (Å²) in [5.74, 6) is 0.991. The molecule has 13 heavy (non-hydrogen) atoms. The van der Waals surface area contributed by atoms with Gasteiger partial charge in [-0.25, -0.2) is 4.99 Å². The van der Waals surface area contributed by atoms with Crippen molar-refractivity contribution in [3.8, 4) is 0 Å². The lowest BCUT2D eigenvalue weighted by Gasteiger charge is -2.31. The summed E-state index contributed by atoms with van der Waals surface area (Å²) in [5.41, 5.74) is -0.0771. The molecule has 0 radical (unpaired) electrons. The summed E-state index contributed by atoms with van der Waals surface area (Å²) in [5, 5.41) is 6.54. The third kappa shape index (κ3) is 2.23. The summed E-state index contributed by atoms with van der Waals surface area (Å²) in [6, 6.07) is 0. The van der Waals surface area contributed by atoms with E-state index in [0.29, 0.717) is 0 Å². The van der Waals surface area contributed by atoms with Crippen LogP contribution in [0.15, 0.2) is 17.3 Å². The van der Waals surface area contributed by atoms with Crippen LogP contribution >= 0.6 is 0 Å². The highest BCUT2D eigenvalue weighted by Gasteiger charge is 2.25. The number of hydrogen-bond donors (Lipinski definition) is 2. The second-order valence-electron chi connectivity index (χ2n) is 3.24. The molecule has 0 atom stereocenters. The predicted octanol–water partition coefficient (Wildman–Crippen LogP) is 1.63. The zero-order valence-corrected chi connectivity index (χ0v) is 8.72. The Morgan fingerprint density at radius 1 is 1.38 bits per heavy atom. The van der Waals surface area contributed by atoms with Gasteiger partial charge < -0.3 is 10.6 Å². The van der Waals surface area contributed by atoms with E-state index in [1.807, 2.05) is 12.3 Å². The van der Waals surface area contributed by atoms with Crippen molar-refractivity contribution in [1.29, 1.82) is 0 Å². The number of rotatable bonds is 3. The first kappa shape index (κ1) is 10.1. The van der Waals surface area contributed by atoms with Crippen LogP contribution in [0.25, 0.3) is 0 Å². The van der Waals surface area contributed by atoms with Crippen LogP contribution in [0, 0.1) is 0 Å². The average molecular weight is 181 g/mol. The molecular weight excluding hydrogens is 162 g/mol. The number of nitrogens with zero attached hydrogens (tertiary/aromatic N) is 1. The molecule has 0 saturated carbocycles. The second kappa shape index (κ2) is 4.30. The summed E-state index contributed by atoms with van der Waals surface area (Å²) < 4.78 is 0. The minimum atomic E-state index is -0.0771. The molecule has 74 valence electrons. The molecule has 1 aliphatic heterocycles. The zero-order chi connectivity index (χ0) is 9.73. The van der Waals surface area contributed by atoms with Gasteiger partial charge in [0.2, 0.25) is 0 Å². The largest absolute Gasteiger partial charge is 0.371 e. The monoisotopic (exact) mass is 181 g/mol.